The molecule has 0 unspecified atom stereocenters. The van der Waals surface area contributed by atoms with Crippen LogP contribution in [0, 0.1) is 5.82 Å². The van der Waals surface area contributed by atoms with Crippen molar-refractivity contribution < 1.29 is 4.39 Å². The number of rotatable bonds is 1. The van der Waals surface area contributed by atoms with E-state index in [9.17, 15) is 4.39 Å². The number of hydrogen-bond donors (Lipinski definition) is 0. The number of aromatic nitrogens is 1. The van der Waals surface area contributed by atoms with Gasteiger partial charge >= 0.3 is 0 Å². The van der Waals surface area contributed by atoms with Gasteiger partial charge in [-0.15, -0.1) is 11.6 Å². The monoisotopic (exact) mass is 229 g/mol. The predicted molar refractivity (Wildman–Crippen MR) is 56.3 cm³/mol. The summed E-state index contributed by atoms with van der Waals surface area (Å²) in [5.74, 6) is -0.0666. The summed E-state index contributed by atoms with van der Waals surface area (Å²) in [5.41, 5.74) is 1.47. The van der Waals surface area contributed by atoms with Crippen molar-refractivity contribution in [2.45, 2.75) is 5.88 Å². The van der Waals surface area contributed by atoms with Gasteiger partial charge in [0.25, 0.3) is 0 Å². The maximum absolute atomic E-state index is 13.0. The molecule has 2 rings (SSSR count). The van der Waals surface area contributed by atoms with E-state index in [1.807, 2.05) is 6.07 Å². The molecule has 0 saturated heterocycles. The maximum atomic E-state index is 13.0. The molecular formula is C10H6Cl2FN. The highest BCUT2D eigenvalue weighted by Crippen LogP contribution is 2.22. The molecule has 0 fully saturated rings. The zero-order chi connectivity index (χ0) is 10.1. The van der Waals surface area contributed by atoms with Crippen molar-refractivity contribution in [3.8, 4) is 0 Å². The number of hydrogen-bond acceptors (Lipinski definition) is 1. The molecule has 72 valence electrons. The molecule has 0 saturated carbocycles. The van der Waals surface area contributed by atoms with Crippen molar-refractivity contribution in [2.24, 2.45) is 0 Å². The van der Waals surface area contributed by atoms with Crippen LogP contribution in [0.1, 0.15) is 5.56 Å². The molecule has 0 N–H and O–H groups in total. The Bertz CT molecular complexity index is 485. The van der Waals surface area contributed by atoms with Crippen LogP contribution in [0.3, 0.4) is 0 Å². The largest absolute Gasteiger partial charge is 0.256 e. The van der Waals surface area contributed by atoms with Crippen molar-refractivity contribution in [3.05, 3.63) is 40.8 Å². The highest BCUT2D eigenvalue weighted by molar-refractivity contribution is 6.31. The van der Waals surface area contributed by atoms with E-state index in [4.69, 9.17) is 23.2 Å². The Morgan fingerprint density at radius 2 is 2.07 bits per heavy atom. The fraction of sp³-hybridized carbons (Fsp3) is 0.100. The molecule has 0 aliphatic heterocycles. The van der Waals surface area contributed by atoms with Gasteiger partial charge in [0, 0.05) is 23.5 Å². The van der Waals surface area contributed by atoms with Gasteiger partial charge in [-0.05, 0) is 17.7 Å². The number of alkyl halides is 1. The van der Waals surface area contributed by atoms with E-state index in [0.717, 1.165) is 10.9 Å². The van der Waals surface area contributed by atoms with Gasteiger partial charge in [0.05, 0.1) is 10.5 Å². The summed E-state index contributed by atoms with van der Waals surface area (Å²) in [6.45, 7) is 0. The summed E-state index contributed by atoms with van der Waals surface area (Å²) in [6.07, 6.45) is 1.63. The first-order valence-electron chi connectivity index (χ1n) is 4.00. The van der Waals surface area contributed by atoms with Gasteiger partial charge in [0.15, 0.2) is 0 Å². The Balaban J connectivity index is 2.70. The normalized spacial score (nSPS) is 10.8. The number of halogens is 3. The van der Waals surface area contributed by atoms with Crippen LogP contribution < -0.4 is 0 Å². The second-order valence-corrected chi connectivity index (χ2v) is 3.61. The third kappa shape index (κ3) is 1.68. The van der Waals surface area contributed by atoms with Gasteiger partial charge in [-0.3, -0.25) is 4.98 Å². The van der Waals surface area contributed by atoms with E-state index in [0.29, 0.717) is 11.4 Å². The molecule has 0 aliphatic rings. The van der Waals surface area contributed by atoms with Crippen LogP contribution in [0.25, 0.3) is 10.9 Å². The molecule has 0 radical (unpaired) electrons. The molecule has 1 nitrogen and oxygen atoms in total. The quantitative estimate of drug-likeness (QED) is 0.679. The fourth-order valence-corrected chi connectivity index (χ4v) is 1.56. The second-order valence-electron chi connectivity index (χ2n) is 2.94. The summed E-state index contributed by atoms with van der Waals surface area (Å²) >= 11 is 11.3. The van der Waals surface area contributed by atoms with Crippen LogP contribution in [0.4, 0.5) is 4.39 Å². The topological polar surface area (TPSA) is 12.9 Å². The molecule has 1 heterocycles. The van der Waals surface area contributed by atoms with E-state index in [1.54, 1.807) is 12.3 Å². The summed E-state index contributed by atoms with van der Waals surface area (Å²) in [6, 6.07) is 4.71. The highest BCUT2D eigenvalue weighted by atomic mass is 35.5. The summed E-state index contributed by atoms with van der Waals surface area (Å²) in [5, 5.41) is 0.903. The zero-order valence-corrected chi connectivity index (χ0v) is 8.61. The molecule has 0 bridgehead atoms. The van der Waals surface area contributed by atoms with E-state index in [-0.39, 0.29) is 5.02 Å². The molecule has 1 aromatic carbocycles. The highest BCUT2D eigenvalue weighted by Gasteiger charge is 2.03. The van der Waals surface area contributed by atoms with E-state index in [2.05, 4.69) is 4.98 Å². The van der Waals surface area contributed by atoms with Gasteiger partial charge in [0.2, 0.25) is 0 Å². The Morgan fingerprint density at radius 3 is 2.79 bits per heavy atom. The number of fused-ring (bicyclic) bond motifs is 1. The smallest absolute Gasteiger partial charge is 0.143 e. The minimum absolute atomic E-state index is 0.103. The predicted octanol–water partition coefficient (Wildman–Crippen LogP) is 3.77. The Kier molecular flexibility index (Phi) is 2.57. The standard InChI is InChI=1S/C10H6Cl2FN/c11-4-6-1-7-2-8(12)9(13)3-10(7)14-5-6/h1-3,5H,4H2. The SMILES string of the molecule is Fc1cc2ncc(CCl)cc2cc1Cl. The Hall–Kier alpha value is -0.860. The summed E-state index contributed by atoms with van der Waals surface area (Å²) in [4.78, 5) is 4.07. The van der Waals surface area contributed by atoms with Crippen molar-refractivity contribution in [3.63, 3.8) is 0 Å². The lowest BCUT2D eigenvalue weighted by molar-refractivity contribution is 0.630. The van der Waals surface area contributed by atoms with Crippen LogP contribution in [0.2, 0.25) is 5.02 Å². The minimum Gasteiger partial charge on any atom is -0.256 e. The lowest BCUT2D eigenvalue weighted by atomic mass is 10.2. The van der Waals surface area contributed by atoms with Gasteiger partial charge in [-0.25, -0.2) is 4.39 Å². The Morgan fingerprint density at radius 1 is 1.29 bits per heavy atom. The average Bonchev–Trinajstić information content (AvgIpc) is 2.19. The van der Waals surface area contributed by atoms with E-state index < -0.39 is 5.82 Å². The maximum Gasteiger partial charge on any atom is 0.143 e. The van der Waals surface area contributed by atoms with E-state index >= 15 is 0 Å². The molecule has 14 heavy (non-hydrogen) atoms. The molecule has 2 aromatic rings. The third-order valence-electron chi connectivity index (χ3n) is 1.93. The lowest BCUT2D eigenvalue weighted by Gasteiger charge is -2.01. The Labute approximate surface area is 90.5 Å². The molecule has 0 amide bonds. The number of benzene rings is 1. The van der Waals surface area contributed by atoms with E-state index in [1.165, 1.54) is 6.07 Å². The average molecular weight is 230 g/mol. The van der Waals surface area contributed by atoms with Crippen LogP contribution in [-0.4, -0.2) is 4.98 Å². The first-order valence-corrected chi connectivity index (χ1v) is 4.91. The molecule has 0 aliphatic carbocycles. The van der Waals surface area contributed by atoms with Crippen LogP contribution in [-0.2, 0) is 5.88 Å². The molecule has 0 spiro atoms. The van der Waals surface area contributed by atoms with Gasteiger partial charge in [-0.2, -0.15) is 0 Å². The van der Waals surface area contributed by atoms with Crippen LogP contribution in [0.5, 0.6) is 0 Å². The first kappa shape index (κ1) is 9.69. The molecule has 4 heteroatoms. The van der Waals surface area contributed by atoms with Gasteiger partial charge in [0.1, 0.15) is 5.82 Å². The summed E-state index contributed by atoms with van der Waals surface area (Å²) in [7, 11) is 0. The molecule has 0 atom stereocenters. The number of pyridine rings is 1. The number of nitrogens with zero attached hydrogens (tertiary/aromatic N) is 1. The minimum atomic E-state index is -0.453. The van der Waals surface area contributed by atoms with Crippen LogP contribution in [0.15, 0.2) is 24.4 Å². The van der Waals surface area contributed by atoms with Crippen molar-refractivity contribution in [1.82, 2.24) is 4.98 Å². The third-order valence-corrected chi connectivity index (χ3v) is 2.53. The lowest BCUT2D eigenvalue weighted by Crippen LogP contribution is -1.86. The second kappa shape index (κ2) is 3.71. The zero-order valence-electron chi connectivity index (χ0n) is 7.10. The van der Waals surface area contributed by atoms with Gasteiger partial charge in [-0.1, -0.05) is 11.6 Å². The van der Waals surface area contributed by atoms with Crippen molar-refractivity contribution in [2.75, 3.05) is 0 Å². The summed E-state index contributed by atoms with van der Waals surface area (Å²) < 4.78 is 13.0. The molecular weight excluding hydrogens is 224 g/mol. The molecule has 1 aromatic heterocycles. The van der Waals surface area contributed by atoms with Crippen molar-refractivity contribution in [1.29, 1.82) is 0 Å². The van der Waals surface area contributed by atoms with Crippen molar-refractivity contribution >= 4 is 34.1 Å². The van der Waals surface area contributed by atoms with Gasteiger partial charge < -0.3 is 0 Å². The van der Waals surface area contributed by atoms with Crippen LogP contribution >= 0.6 is 23.2 Å². The first-order chi connectivity index (χ1) is 6.70. The fourth-order valence-electron chi connectivity index (χ4n) is 1.24.